The minimum Gasteiger partial charge on any atom is -0.396 e. The molecule has 3 aliphatic heterocycles. The fourth-order valence-corrected chi connectivity index (χ4v) is 5.94. The molecule has 3 nitrogen and oxygen atoms in total. The molecule has 3 heteroatoms. The Bertz CT molecular complexity index is 532. The number of aliphatic hydroxyl groups is 1. The highest BCUT2D eigenvalue weighted by atomic mass is 16.2. The molecule has 0 saturated carbocycles. The standard InChI is InChI=1S/C22H34N2O/c25-15-5-4-12-21-20-11-7-14-23-13-6-10-19(22(20)23)17-24(21)16-18-8-2-1-3-9-18/h1-3,8-9,19-22,25H,4-7,10-17H2/t19-,20+,21+,22-/m0/s1. The molecule has 138 valence electrons. The van der Waals surface area contributed by atoms with Gasteiger partial charge in [-0.15, -0.1) is 0 Å². The lowest BCUT2D eigenvalue weighted by Gasteiger charge is -2.57. The zero-order valence-corrected chi connectivity index (χ0v) is 15.5. The second kappa shape index (κ2) is 8.20. The van der Waals surface area contributed by atoms with Crippen LogP contribution in [0.3, 0.4) is 0 Å². The van der Waals surface area contributed by atoms with Crippen LogP contribution in [0.4, 0.5) is 0 Å². The number of hydrogen-bond donors (Lipinski definition) is 1. The lowest BCUT2D eigenvalue weighted by molar-refractivity contribution is -0.0812. The first-order valence-electron chi connectivity index (χ1n) is 10.5. The van der Waals surface area contributed by atoms with E-state index in [1.165, 1.54) is 63.7 Å². The number of rotatable bonds is 6. The minimum absolute atomic E-state index is 0.342. The van der Waals surface area contributed by atoms with Crippen LogP contribution in [0.2, 0.25) is 0 Å². The van der Waals surface area contributed by atoms with Gasteiger partial charge in [0.15, 0.2) is 0 Å². The molecular formula is C22H34N2O. The van der Waals surface area contributed by atoms with Crippen molar-refractivity contribution in [2.24, 2.45) is 11.8 Å². The van der Waals surface area contributed by atoms with Crippen LogP contribution in [0.1, 0.15) is 50.5 Å². The van der Waals surface area contributed by atoms with Crippen molar-refractivity contribution in [1.82, 2.24) is 9.80 Å². The first-order valence-corrected chi connectivity index (χ1v) is 10.5. The SMILES string of the molecule is OCCCC[C@@H]1[C@H]2CCCN3CCC[C@@H](CN1Cc1ccccc1)[C@@H]23. The normalized spacial score (nSPS) is 33.2. The van der Waals surface area contributed by atoms with E-state index in [4.69, 9.17) is 0 Å². The molecule has 0 aliphatic carbocycles. The van der Waals surface area contributed by atoms with E-state index in [1.54, 1.807) is 0 Å². The Balaban J connectivity index is 1.54. The molecule has 0 radical (unpaired) electrons. The molecule has 0 spiro atoms. The van der Waals surface area contributed by atoms with Crippen molar-refractivity contribution in [2.75, 3.05) is 26.2 Å². The van der Waals surface area contributed by atoms with Gasteiger partial charge in [0, 0.05) is 31.8 Å². The van der Waals surface area contributed by atoms with Gasteiger partial charge in [-0.05, 0) is 75.4 Å². The van der Waals surface area contributed by atoms with Crippen LogP contribution in [-0.4, -0.2) is 53.2 Å². The molecule has 0 unspecified atom stereocenters. The lowest BCUT2D eigenvalue weighted by Crippen LogP contribution is -2.64. The molecule has 0 bridgehead atoms. The number of benzene rings is 1. The summed E-state index contributed by atoms with van der Waals surface area (Å²) in [5, 5.41) is 9.24. The maximum absolute atomic E-state index is 9.24. The highest BCUT2D eigenvalue weighted by Gasteiger charge is 2.47. The summed E-state index contributed by atoms with van der Waals surface area (Å²) in [5.74, 6) is 1.71. The van der Waals surface area contributed by atoms with Gasteiger partial charge in [0.05, 0.1) is 0 Å². The van der Waals surface area contributed by atoms with Crippen LogP contribution >= 0.6 is 0 Å². The molecular weight excluding hydrogens is 308 g/mol. The predicted octanol–water partition coefficient (Wildman–Crippen LogP) is 3.52. The summed E-state index contributed by atoms with van der Waals surface area (Å²) in [4.78, 5) is 5.65. The van der Waals surface area contributed by atoms with Gasteiger partial charge in [-0.1, -0.05) is 30.3 Å². The average molecular weight is 343 g/mol. The summed E-state index contributed by atoms with van der Waals surface area (Å²) in [7, 11) is 0. The van der Waals surface area contributed by atoms with E-state index in [-0.39, 0.29) is 0 Å². The number of hydrogen-bond acceptors (Lipinski definition) is 3. The molecule has 1 N–H and O–H groups in total. The highest BCUT2D eigenvalue weighted by Crippen LogP contribution is 2.43. The lowest BCUT2D eigenvalue weighted by atomic mass is 9.69. The molecule has 1 aromatic rings. The molecule has 0 aromatic heterocycles. The van der Waals surface area contributed by atoms with E-state index in [0.717, 1.165) is 30.8 Å². The van der Waals surface area contributed by atoms with Crippen molar-refractivity contribution in [3.63, 3.8) is 0 Å². The molecule has 3 fully saturated rings. The largest absolute Gasteiger partial charge is 0.396 e. The Labute approximate surface area is 153 Å². The fourth-order valence-electron chi connectivity index (χ4n) is 5.94. The molecule has 4 rings (SSSR count). The number of unbranched alkanes of at least 4 members (excludes halogenated alkanes) is 1. The van der Waals surface area contributed by atoms with Crippen molar-refractivity contribution in [1.29, 1.82) is 0 Å². The van der Waals surface area contributed by atoms with E-state index >= 15 is 0 Å². The monoisotopic (exact) mass is 342 g/mol. The van der Waals surface area contributed by atoms with Gasteiger partial charge in [-0.25, -0.2) is 0 Å². The van der Waals surface area contributed by atoms with Gasteiger partial charge < -0.3 is 5.11 Å². The molecule has 4 atom stereocenters. The van der Waals surface area contributed by atoms with Crippen molar-refractivity contribution in [3.05, 3.63) is 35.9 Å². The Kier molecular flexibility index (Phi) is 5.74. The Hall–Kier alpha value is -0.900. The number of likely N-dealkylation sites (tertiary alicyclic amines) is 1. The second-order valence-corrected chi connectivity index (χ2v) is 8.44. The van der Waals surface area contributed by atoms with Crippen molar-refractivity contribution in [3.8, 4) is 0 Å². The Morgan fingerprint density at radius 3 is 2.60 bits per heavy atom. The maximum Gasteiger partial charge on any atom is 0.0431 e. The minimum atomic E-state index is 0.342. The van der Waals surface area contributed by atoms with Gasteiger partial charge in [-0.2, -0.15) is 0 Å². The zero-order chi connectivity index (χ0) is 17.1. The summed E-state index contributed by atoms with van der Waals surface area (Å²) < 4.78 is 0. The van der Waals surface area contributed by atoms with E-state index in [1.807, 2.05) is 0 Å². The average Bonchev–Trinajstić information content (AvgIpc) is 2.65. The summed E-state index contributed by atoms with van der Waals surface area (Å²) in [5.41, 5.74) is 1.46. The van der Waals surface area contributed by atoms with Crippen LogP contribution in [0.15, 0.2) is 30.3 Å². The number of piperidine rings is 3. The quantitative estimate of drug-likeness (QED) is 0.801. The van der Waals surface area contributed by atoms with Gasteiger partial charge in [0.2, 0.25) is 0 Å². The van der Waals surface area contributed by atoms with E-state index in [9.17, 15) is 5.11 Å². The summed E-state index contributed by atoms with van der Waals surface area (Å²) >= 11 is 0. The van der Waals surface area contributed by atoms with E-state index < -0.39 is 0 Å². The van der Waals surface area contributed by atoms with Crippen LogP contribution in [0, 0.1) is 11.8 Å². The van der Waals surface area contributed by atoms with Gasteiger partial charge in [-0.3, -0.25) is 9.80 Å². The van der Waals surface area contributed by atoms with Gasteiger partial charge in [0.25, 0.3) is 0 Å². The van der Waals surface area contributed by atoms with E-state index in [0.29, 0.717) is 12.6 Å². The van der Waals surface area contributed by atoms with Crippen molar-refractivity contribution in [2.45, 2.75) is 63.6 Å². The van der Waals surface area contributed by atoms with Crippen LogP contribution < -0.4 is 0 Å². The van der Waals surface area contributed by atoms with Crippen molar-refractivity contribution >= 4 is 0 Å². The number of nitrogens with zero attached hydrogens (tertiary/aromatic N) is 2. The van der Waals surface area contributed by atoms with Gasteiger partial charge in [0.1, 0.15) is 0 Å². The fraction of sp³-hybridized carbons (Fsp3) is 0.727. The summed E-state index contributed by atoms with van der Waals surface area (Å²) in [6.45, 7) is 5.38. The Morgan fingerprint density at radius 2 is 1.80 bits per heavy atom. The molecule has 3 heterocycles. The van der Waals surface area contributed by atoms with E-state index in [2.05, 4.69) is 40.1 Å². The molecule has 1 aromatic carbocycles. The molecule has 3 aliphatic rings. The maximum atomic E-state index is 9.24. The first kappa shape index (κ1) is 17.5. The summed E-state index contributed by atoms with van der Waals surface area (Å²) in [6.07, 6.45) is 8.99. The zero-order valence-electron chi connectivity index (χ0n) is 15.5. The highest BCUT2D eigenvalue weighted by molar-refractivity contribution is 5.15. The smallest absolute Gasteiger partial charge is 0.0431 e. The summed E-state index contributed by atoms with van der Waals surface area (Å²) in [6, 6.07) is 12.6. The van der Waals surface area contributed by atoms with Crippen LogP contribution in [0.25, 0.3) is 0 Å². The number of aliphatic hydroxyl groups excluding tert-OH is 1. The van der Waals surface area contributed by atoms with Gasteiger partial charge >= 0.3 is 0 Å². The molecule has 0 amide bonds. The predicted molar refractivity (Wildman–Crippen MR) is 102 cm³/mol. The topological polar surface area (TPSA) is 26.7 Å². The first-order chi connectivity index (χ1) is 12.4. The molecule has 3 saturated heterocycles. The third kappa shape index (κ3) is 3.79. The van der Waals surface area contributed by atoms with Crippen LogP contribution in [0.5, 0.6) is 0 Å². The third-order valence-corrected chi connectivity index (χ3v) is 6.92. The Morgan fingerprint density at radius 1 is 1.00 bits per heavy atom. The van der Waals surface area contributed by atoms with Crippen molar-refractivity contribution < 1.29 is 5.11 Å². The third-order valence-electron chi connectivity index (χ3n) is 6.92. The van der Waals surface area contributed by atoms with Crippen LogP contribution in [-0.2, 0) is 6.54 Å². The molecule has 25 heavy (non-hydrogen) atoms. The second-order valence-electron chi connectivity index (χ2n) is 8.44.